The molecular weight excluding hydrogens is 324 g/mol. The van der Waals surface area contributed by atoms with Gasteiger partial charge in [0.25, 0.3) is 0 Å². The molecule has 2 aromatic carbocycles. The minimum Gasteiger partial charge on any atom is -0.313 e. The molecule has 0 heterocycles. The molecule has 2 aromatic rings. The molecule has 0 saturated heterocycles. The summed E-state index contributed by atoms with van der Waals surface area (Å²) in [4.78, 5) is 2.37. The Morgan fingerprint density at radius 3 is 2.38 bits per heavy atom. The van der Waals surface area contributed by atoms with Gasteiger partial charge in [-0.05, 0) is 49.8 Å². The summed E-state index contributed by atoms with van der Waals surface area (Å²) >= 11 is 3.46. The molecule has 0 atom stereocenters. The molecule has 0 saturated carbocycles. The first-order valence-electron chi connectivity index (χ1n) is 7.41. The topological polar surface area (TPSA) is 15.3 Å². The fourth-order valence-corrected chi connectivity index (χ4v) is 2.55. The van der Waals surface area contributed by atoms with Gasteiger partial charge in [-0.15, -0.1) is 0 Å². The summed E-state index contributed by atoms with van der Waals surface area (Å²) in [6.07, 6.45) is 1.17. The molecule has 0 aliphatic heterocycles. The molecule has 0 spiro atoms. The first kappa shape index (κ1) is 16.2. The van der Waals surface area contributed by atoms with Crippen LogP contribution in [0.5, 0.6) is 0 Å². The number of halogens is 1. The van der Waals surface area contributed by atoms with E-state index in [2.05, 4.69) is 87.8 Å². The normalized spacial score (nSPS) is 11.0. The van der Waals surface area contributed by atoms with Crippen molar-refractivity contribution < 1.29 is 0 Å². The monoisotopic (exact) mass is 346 g/mol. The van der Waals surface area contributed by atoms with Crippen LogP contribution in [-0.4, -0.2) is 25.0 Å². The van der Waals surface area contributed by atoms with Gasteiger partial charge >= 0.3 is 0 Å². The van der Waals surface area contributed by atoms with Gasteiger partial charge in [-0.25, -0.2) is 0 Å². The Bertz CT molecular complexity index is 511. The van der Waals surface area contributed by atoms with Crippen LogP contribution in [-0.2, 0) is 13.1 Å². The number of benzene rings is 2. The van der Waals surface area contributed by atoms with Gasteiger partial charge < -0.3 is 10.2 Å². The molecule has 0 radical (unpaired) electrons. The van der Waals surface area contributed by atoms with Gasteiger partial charge in [-0.1, -0.05) is 58.4 Å². The minimum absolute atomic E-state index is 0.940. The third kappa shape index (κ3) is 6.42. The quantitative estimate of drug-likeness (QED) is 0.725. The van der Waals surface area contributed by atoms with Crippen molar-refractivity contribution in [2.75, 3.05) is 20.1 Å². The fourth-order valence-electron chi connectivity index (χ4n) is 2.28. The fraction of sp³-hybridized carbons (Fsp3) is 0.333. The van der Waals surface area contributed by atoms with Crippen molar-refractivity contribution in [3.63, 3.8) is 0 Å². The summed E-state index contributed by atoms with van der Waals surface area (Å²) in [5.74, 6) is 0. The molecule has 0 aromatic heterocycles. The molecule has 21 heavy (non-hydrogen) atoms. The summed E-state index contributed by atoms with van der Waals surface area (Å²) in [6, 6.07) is 19.1. The van der Waals surface area contributed by atoms with E-state index in [9.17, 15) is 0 Å². The molecule has 0 aliphatic carbocycles. The number of hydrogen-bond acceptors (Lipinski definition) is 2. The second kappa shape index (κ2) is 8.98. The van der Waals surface area contributed by atoms with E-state index in [1.807, 2.05) is 0 Å². The first-order valence-corrected chi connectivity index (χ1v) is 8.21. The zero-order chi connectivity index (χ0) is 14.9. The predicted octanol–water partition coefficient (Wildman–Crippen LogP) is 4.06. The van der Waals surface area contributed by atoms with Crippen LogP contribution in [0.15, 0.2) is 59.1 Å². The van der Waals surface area contributed by atoms with E-state index in [0.29, 0.717) is 0 Å². The van der Waals surface area contributed by atoms with E-state index in [1.54, 1.807) is 0 Å². The highest BCUT2D eigenvalue weighted by molar-refractivity contribution is 9.10. The van der Waals surface area contributed by atoms with Crippen LogP contribution in [0.4, 0.5) is 0 Å². The molecule has 0 aliphatic rings. The average Bonchev–Trinajstić information content (AvgIpc) is 2.50. The van der Waals surface area contributed by atoms with Gasteiger partial charge in [-0.2, -0.15) is 0 Å². The molecule has 3 heteroatoms. The number of rotatable bonds is 8. The van der Waals surface area contributed by atoms with Gasteiger partial charge in [0, 0.05) is 17.6 Å². The van der Waals surface area contributed by atoms with E-state index in [1.165, 1.54) is 17.5 Å². The van der Waals surface area contributed by atoms with Crippen molar-refractivity contribution in [2.45, 2.75) is 19.5 Å². The lowest BCUT2D eigenvalue weighted by Gasteiger charge is -2.16. The summed E-state index contributed by atoms with van der Waals surface area (Å²) in [5.41, 5.74) is 2.71. The molecule has 2 rings (SSSR count). The van der Waals surface area contributed by atoms with Crippen molar-refractivity contribution >= 4 is 15.9 Å². The van der Waals surface area contributed by atoms with Crippen LogP contribution < -0.4 is 5.32 Å². The van der Waals surface area contributed by atoms with Gasteiger partial charge in [0.15, 0.2) is 0 Å². The molecule has 1 N–H and O–H groups in total. The van der Waals surface area contributed by atoms with Gasteiger partial charge in [0.2, 0.25) is 0 Å². The smallest absolute Gasteiger partial charge is 0.0230 e. The average molecular weight is 347 g/mol. The van der Waals surface area contributed by atoms with Crippen LogP contribution in [0.3, 0.4) is 0 Å². The summed E-state index contributed by atoms with van der Waals surface area (Å²) in [7, 11) is 2.18. The predicted molar refractivity (Wildman–Crippen MR) is 93.2 cm³/mol. The van der Waals surface area contributed by atoms with E-state index < -0.39 is 0 Å². The van der Waals surface area contributed by atoms with Crippen molar-refractivity contribution in [3.8, 4) is 0 Å². The Morgan fingerprint density at radius 1 is 0.952 bits per heavy atom. The minimum atomic E-state index is 0.940. The van der Waals surface area contributed by atoms with Crippen LogP contribution in [0, 0.1) is 0 Å². The Morgan fingerprint density at radius 2 is 1.67 bits per heavy atom. The zero-order valence-electron chi connectivity index (χ0n) is 12.6. The molecule has 0 fully saturated rings. The van der Waals surface area contributed by atoms with Crippen LogP contribution in [0.25, 0.3) is 0 Å². The van der Waals surface area contributed by atoms with Gasteiger partial charge in [0.05, 0.1) is 0 Å². The lowest BCUT2D eigenvalue weighted by atomic mass is 10.2. The highest BCUT2D eigenvalue weighted by atomic mass is 79.9. The molecule has 0 bridgehead atoms. The Hall–Kier alpha value is -1.16. The second-order valence-electron chi connectivity index (χ2n) is 5.38. The highest BCUT2D eigenvalue weighted by Crippen LogP contribution is 2.10. The van der Waals surface area contributed by atoms with E-state index >= 15 is 0 Å². The molecular formula is C18H23BrN2. The second-order valence-corrected chi connectivity index (χ2v) is 6.30. The van der Waals surface area contributed by atoms with Crippen LogP contribution in [0.1, 0.15) is 17.5 Å². The summed E-state index contributed by atoms with van der Waals surface area (Å²) < 4.78 is 1.13. The number of nitrogens with one attached hydrogen (secondary N) is 1. The van der Waals surface area contributed by atoms with Crippen molar-refractivity contribution in [2.24, 2.45) is 0 Å². The summed E-state index contributed by atoms with van der Waals surface area (Å²) in [5, 5.41) is 3.50. The van der Waals surface area contributed by atoms with Gasteiger partial charge in [-0.3, -0.25) is 0 Å². The number of hydrogen-bond donors (Lipinski definition) is 1. The molecule has 2 nitrogen and oxygen atoms in total. The van der Waals surface area contributed by atoms with Gasteiger partial charge in [0.1, 0.15) is 0 Å². The molecule has 0 unspecified atom stereocenters. The maximum atomic E-state index is 3.50. The third-order valence-electron chi connectivity index (χ3n) is 3.43. The van der Waals surface area contributed by atoms with E-state index in [4.69, 9.17) is 0 Å². The lowest BCUT2D eigenvalue weighted by molar-refractivity contribution is 0.319. The van der Waals surface area contributed by atoms with Crippen molar-refractivity contribution in [1.82, 2.24) is 10.2 Å². The third-order valence-corrected chi connectivity index (χ3v) is 3.96. The van der Waals surface area contributed by atoms with Crippen molar-refractivity contribution in [3.05, 3.63) is 70.2 Å². The standard InChI is InChI=1S/C18H23BrN2/c1-21(15-17-6-3-2-4-7-17)13-5-12-20-14-16-8-10-18(19)11-9-16/h2-4,6-11,20H,5,12-15H2,1H3. The molecule has 0 amide bonds. The highest BCUT2D eigenvalue weighted by Gasteiger charge is 1.99. The largest absolute Gasteiger partial charge is 0.313 e. The first-order chi connectivity index (χ1) is 10.2. The lowest BCUT2D eigenvalue weighted by Crippen LogP contribution is -2.23. The van der Waals surface area contributed by atoms with E-state index in [-0.39, 0.29) is 0 Å². The Balaban J connectivity index is 1.58. The maximum absolute atomic E-state index is 3.50. The summed E-state index contributed by atoms with van der Waals surface area (Å²) in [6.45, 7) is 4.13. The SMILES string of the molecule is CN(CCCNCc1ccc(Br)cc1)Cc1ccccc1. The van der Waals surface area contributed by atoms with E-state index in [0.717, 1.165) is 30.7 Å². The number of nitrogens with zero attached hydrogens (tertiary/aromatic N) is 1. The van der Waals surface area contributed by atoms with Crippen LogP contribution >= 0.6 is 15.9 Å². The Labute approximate surface area is 136 Å². The van der Waals surface area contributed by atoms with Crippen molar-refractivity contribution in [1.29, 1.82) is 0 Å². The van der Waals surface area contributed by atoms with Crippen LogP contribution in [0.2, 0.25) is 0 Å². The maximum Gasteiger partial charge on any atom is 0.0230 e. The zero-order valence-corrected chi connectivity index (χ0v) is 14.1. The molecule has 112 valence electrons. The Kier molecular flexibility index (Phi) is 6.93.